The molecule has 1 saturated heterocycles. The number of rotatable bonds is 3. The van der Waals surface area contributed by atoms with Crippen LogP contribution in [0.4, 0.5) is 5.69 Å². The smallest absolute Gasteiger partial charge is 0.269 e. The van der Waals surface area contributed by atoms with Gasteiger partial charge < -0.3 is 0 Å². The Labute approximate surface area is 142 Å². The second-order valence-electron chi connectivity index (χ2n) is 6.19. The third-order valence-electron chi connectivity index (χ3n) is 4.33. The summed E-state index contributed by atoms with van der Waals surface area (Å²) in [5.41, 5.74) is 3.50. The molecule has 0 bridgehead atoms. The van der Waals surface area contributed by atoms with Crippen LogP contribution in [0.1, 0.15) is 29.5 Å². The van der Waals surface area contributed by atoms with Gasteiger partial charge in [-0.1, -0.05) is 41.7 Å². The van der Waals surface area contributed by atoms with Crippen LogP contribution >= 0.6 is 0 Å². The predicted octanol–water partition coefficient (Wildman–Crippen LogP) is 3.92. The van der Waals surface area contributed by atoms with Crippen molar-refractivity contribution in [2.24, 2.45) is 0 Å². The van der Waals surface area contributed by atoms with Gasteiger partial charge in [-0.05, 0) is 44.0 Å². The van der Waals surface area contributed by atoms with Gasteiger partial charge in [0, 0.05) is 24.2 Å². The number of nitro groups is 1. The highest BCUT2D eigenvalue weighted by atomic mass is 16.6. The quantitative estimate of drug-likeness (QED) is 0.489. The second-order valence-corrected chi connectivity index (χ2v) is 6.19. The molecule has 0 spiro atoms. The lowest BCUT2D eigenvalue weighted by Gasteiger charge is -2.20. The molecule has 0 radical (unpaired) electrons. The average Bonchev–Trinajstić information content (AvgIpc) is 3.02. The van der Waals surface area contributed by atoms with E-state index in [4.69, 9.17) is 0 Å². The van der Waals surface area contributed by atoms with Crippen molar-refractivity contribution in [3.8, 4) is 11.8 Å². The maximum absolute atomic E-state index is 10.7. The first-order valence-electron chi connectivity index (χ1n) is 8.17. The molecule has 1 unspecified atom stereocenters. The second kappa shape index (κ2) is 7.29. The minimum Gasteiger partial charge on any atom is -0.285 e. The Hall–Kier alpha value is -2.64. The Morgan fingerprint density at radius 1 is 1.17 bits per heavy atom. The molecule has 2 aromatic rings. The van der Waals surface area contributed by atoms with Gasteiger partial charge in [0.1, 0.15) is 0 Å². The Morgan fingerprint density at radius 3 is 2.54 bits per heavy atom. The molecule has 2 aromatic carbocycles. The Balaban J connectivity index is 1.67. The van der Waals surface area contributed by atoms with Crippen LogP contribution in [0.3, 0.4) is 0 Å². The van der Waals surface area contributed by atoms with Crippen LogP contribution in [0.25, 0.3) is 0 Å². The van der Waals surface area contributed by atoms with E-state index in [1.54, 1.807) is 12.1 Å². The van der Waals surface area contributed by atoms with Crippen LogP contribution in [-0.4, -0.2) is 22.4 Å². The van der Waals surface area contributed by atoms with Crippen molar-refractivity contribution in [1.82, 2.24) is 4.90 Å². The van der Waals surface area contributed by atoms with E-state index in [0.717, 1.165) is 37.1 Å². The number of nitrogens with zero attached hydrogens (tertiary/aromatic N) is 2. The highest BCUT2D eigenvalue weighted by Crippen LogP contribution is 2.21. The van der Waals surface area contributed by atoms with Crippen LogP contribution in [0.5, 0.6) is 0 Å². The van der Waals surface area contributed by atoms with E-state index in [1.807, 2.05) is 12.1 Å². The molecule has 0 saturated carbocycles. The number of hydrogen-bond donors (Lipinski definition) is 0. The number of hydrogen-bond acceptors (Lipinski definition) is 3. The number of likely N-dealkylation sites (tertiary alicyclic amines) is 1. The van der Waals surface area contributed by atoms with Gasteiger partial charge in [0.25, 0.3) is 5.69 Å². The fraction of sp³-hybridized carbons (Fsp3) is 0.300. The summed E-state index contributed by atoms with van der Waals surface area (Å²) in [5, 5.41) is 10.7. The Kier molecular flexibility index (Phi) is 4.93. The first kappa shape index (κ1) is 16.2. The van der Waals surface area contributed by atoms with E-state index >= 15 is 0 Å². The lowest BCUT2D eigenvalue weighted by molar-refractivity contribution is -0.384. The molecule has 1 aliphatic heterocycles. The summed E-state index contributed by atoms with van der Waals surface area (Å²) in [6.07, 6.45) is 2.21. The van der Waals surface area contributed by atoms with Gasteiger partial charge in [-0.25, -0.2) is 0 Å². The number of aryl methyl sites for hydroxylation is 1. The summed E-state index contributed by atoms with van der Waals surface area (Å²) >= 11 is 0. The van der Waals surface area contributed by atoms with Gasteiger partial charge in [-0.15, -0.1) is 0 Å². The van der Waals surface area contributed by atoms with Crippen molar-refractivity contribution in [2.75, 3.05) is 6.54 Å². The number of nitro benzene ring substituents is 1. The minimum absolute atomic E-state index is 0.135. The summed E-state index contributed by atoms with van der Waals surface area (Å²) in [6.45, 7) is 3.87. The van der Waals surface area contributed by atoms with Gasteiger partial charge in [0.2, 0.25) is 0 Å². The van der Waals surface area contributed by atoms with Gasteiger partial charge >= 0.3 is 0 Å². The molecule has 1 aliphatic rings. The summed E-state index contributed by atoms with van der Waals surface area (Å²) in [7, 11) is 0. The summed E-state index contributed by atoms with van der Waals surface area (Å²) < 4.78 is 0. The predicted molar refractivity (Wildman–Crippen MR) is 94.6 cm³/mol. The summed E-state index contributed by atoms with van der Waals surface area (Å²) in [6, 6.07) is 15.3. The van der Waals surface area contributed by atoms with Crippen LogP contribution in [0, 0.1) is 28.9 Å². The molecule has 24 heavy (non-hydrogen) atoms. The van der Waals surface area contributed by atoms with Gasteiger partial charge in [0.05, 0.1) is 11.0 Å². The van der Waals surface area contributed by atoms with E-state index in [1.165, 1.54) is 5.56 Å². The summed E-state index contributed by atoms with van der Waals surface area (Å²) in [4.78, 5) is 12.7. The van der Waals surface area contributed by atoms with Crippen LogP contribution < -0.4 is 0 Å². The zero-order chi connectivity index (χ0) is 16.9. The van der Waals surface area contributed by atoms with E-state index in [-0.39, 0.29) is 16.7 Å². The molecule has 0 amide bonds. The number of non-ortho nitro benzene ring substituents is 1. The molecule has 1 atom stereocenters. The van der Waals surface area contributed by atoms with Crippen LogP contribution in [0.15, 0.2) is 48.5 Å². The summed E-state index contributed by atoms with van der Waals surface area (Å²) in [5.74, 6) is 6.66. The fourth-order valence-electron chi connectivity index (χ4n) is 2.94. The molecular formula is C20H20N2O2. The lowest BCUT2D eigenvalue weighted by atomic mass is 10.1. The zero-order valence-corrected chi connectivity index (χ0v) is 13.7. The number of benzene rings is 2. The zero-order valence-electron chi connectivity index (χ0n) is 13.7. The SMILES string of the molecule is Cc1ccc(C#CC2CCCN2Cc2ccc([N+](=O)[O-])cc2)cc1. The van der Waals surface area contributed by atoms with Crippen molar-refractivity contribution in [3.63, 3.8) is 0 Å². The van der Waals surface area contributed by atoms with Crippen molar-refractivity contribution in [3.05, 3.63) is 75.3 Å². The molecule has 0 N–H and O–H groups in total. The highest BCUT2D eigenvalue weighted by molar-refractivity contribution is 5.37. The van der Waals surface area contributed by atoms with Crippen LogP contribution in [0.2, 0.25) is 0 Å². The Bertz CT molecular complexity index is 770. The van der Waals surface area contributed by atoms with E-state index in [9.17, 15) is 10.1 Å². The van der Waals surface area contributed by atoms with Crippen molar-refractivity contribution < 1.29 is 4.92 Å². The first-order chi connectivity index (χ1) is 11.6. The molecule has 4 nitrogen and oxygen atoms in total. The van der Waals surface area contributed by atoms with Crippen molar-refractivity contribution in [1.29, 1.82) is 0 Å². The van der Waals surface area contributed by atoms with E-state index in [2.05, 4.69) is 47.9 Å². The molecular weight excluding hydrogens is 300 g/mol. The molecule has 1 fully saturated rings. The van der Waals surface area contributed by atoms with Crippen molar-refractivity contribution >= 4 is 5.69 Å². The maximum Gasteiger partial charge on any atom is 0.269 e. The van der Waals surface area contributed by atoms with Gasteiger partial charge in [-0.2, -0.15) is 0 Å². The normalized spacial score (nSPS) is 17.3. The average molecular weight is 320 g/mol. The standard InChI is InChI=1S/C20H20N2O2/c1-16-4-6-17(7-5-16)8-11-19-3-2-14-21(19)15-18-9-12-20(13-10-18)22(23)24/h4-7,9-10,12-13,19H,2-3,14-15H2,1H3. The fourth-order valence-corrected chi connectivity index (χ4v) is 2.94. The van der Waals surface area contributed by atoms with E-state index < -0.39 is 0 Å². The topological polar surface area (TPSA) is 46.4 Å². The first-order valence-corrected chi connectivity index (χ1v) is 8.17. The third kappa shape index (κ3) is 4.01. The maximum atomic E-state index is 10.7. The molecule has 3 rings (SSSR count). The lowest BCUT2D eigenvalue weighted by Crippen LogP contribution is -2.27. The van der Waals surface area contributed by atoms with Crippen molar-refractivity contribution in [2.45, 2.75) is 32.4 Å². The molecule has 0 aliphatic carbocycles. The minimum atomic E-state index is -0.366. The monoisotopic (exact) mass is 320 g/mol. The largest absolute Gasteiger partial charge is 0.285 e. The molecule has 1 heterocycles. The third-order valence-corrected chi connectivity index (χ3v) is 4.33. The molecule has 122 valence electrons. The Morgan fingerprint density at radius 2 is 1.88 bits per heavy atom. The highest BCUT2D eigenvalue weighted by Gasteiger charge is 2.22. The van der Waals surface area contributed by atoms with Gasteiger partial charge in [-0.3, -0.25) is 15.0 Å². The molecule has 4 heteroatoms. The van der Waals surface area contributed by atoms with Crippen LogP contribution in [-0.2, 0) is 6.54 Å². The van der Waals surface area contributed by atoms with E-state index in [0.29, 0.717) is 0 Å². The molecule has 0 aromatic heterocycles. The van der Waals surface area contributed by atoms with Gasteiger partial charge in [0.15, 0.2) is 0 Å².